The van der Waals surface area contributed by atoms with E-state index >= 15 is 0 Å². The molecule has 1 aromatic heterocycles. The fourth-order valence-corrected chi connectivity index (χ4v) is 4.47. The van der Waals surface area contributed by atoms with Crippen LogP contribution in [0.15, 0.2) is 50.9 Å². The van der Waals surface area contributed by atoms with E-state index in [1.54, 1.807) is 0 Å². The van der Waals surface area contributed by atoms with Crippen molar-refractivity contribution < 1.29 is 0 Å². The van der Waals surface area contributed by atoms with E-state index in [0.29, 0.717) is 0 Å². The van der Waals surface area contributed by atoms with Crippen LogP contribution in [0.5, 0.6) is 0 Å². The predicted molar refractivity (Wildman–Crippen MR) is 85.1 cm³/mol. The topological polar surface area (TPSA) is 3.24 Å². The highest BCUT2D eigenvalue weighted by molar-refractivity contribution is 8.01. The first-order valence-corrected chi connectivity index (χ1v) is 8.15. The molecule has 2 heterocycles. The number of thiophene rings is 1. The van der Waals surface area contributed by atoms with Crippen LogP contribution in [0.25, 0.3) is 5.57 Å². The summed E-state index contributed by atoms with van der Waals surface area (Å²) in [4.78, 5) is 3.61. The van der Waals surface area contributed by atoms with Crippen LogP contribution in [0.1, 0.15) is 17.5 Å². The van der Waals surface area contributed by atoms with Gasteiger partial charge in [0.05, 0.1) is 4.21 Å². The highest BCUT2D eigenvalue weighted by atomic mass is 32.2. The molecule has 3 heteroatoms. The van der Waals surface area contributed by atoms with E-state index < -0.39 is 0 Å². The van der Waals surface area contributed by atoms with Crippen LogP contribution in [0.3, 0.4) is 0 Å². The molecule has 0 bridgehead atoms. The summed E-state index contributed by atoms with van der Waals surface area (Å²) in [6.07, 6.45) is 3.49. The maximum Gasteiger partial charge on any atom is 0.0725 e. The average molecular weight is 287 g/mol. The molecule has 98 valence electrons. The van der Waals surface area contributed by atoms with Crippen molar-refractivity contribution >= 4 is 28.7 Å². The van der Waals surface area contributed by atoms with Crippen molar-refractivity contribution in [1.82, 2.24) is 4.90 Å². The van der Waals surface area contributed by atoms with E-state index in [-0.39, 0.29) is 0 Å². The van der Waals surface area contributed by atoms with E-state index in [9.17, 15) is 0 Å². The van der Waals surface area contributed by atoms with Gasteiger partial charge in [-0.25, -0.2) is 0 Å². The Hall–Kier alpha value is -1.03. The molecule has 19 heavy (non-hydrogen) atoms. The van der Waals surface area contributed by atoms with Gasteiger partial charge in [0.25, 0.3) is 0 Å². The molecule has 0 atom stereocenters. The van der Waals surface area contributed by atoms with Crippen molar-refractivity contribution in [2.24, 2.45) is 0 Å². The monoisotopic (exact) mass is 287 g/mol. The molecule has 1 nitrogen and oxygen atoms in total. The lowest BCUT2D eigenvalue weighted by Crippen LogP contribution is -2.12. The van der Waals surface area contributed by atoms with Gasteiger partial charge in [-0.2, -0.15) is 0 Å². The third-order valence-electron chi connectivity index (χ3n) is 3.22. The SMILES string of the molecule is CN(C)CC/C=C1\c2ccccc2Sc2sccc21. The standard InChI is InChI=1S/C16H17NS2/c1-17(2)10-5-7-12-13-6-3-4-8-15(13)19-16-14(12)9-11-18-16/h3-4,6-9,11H,5,10H2,1-2H3/b12-7+. The third-order valence-corrected chi connectivity index (χ3v) is 5.45. The summed E-state index contributed by atoms with van der Waals surface area (Å²) in [6, 6.07) is 11.0. The predicted octanol–water partition coefficient (Wildman–Crippen LogP) is 4.60. The fraction of sp³-hybridized carbons (Fsp3) is 0.250. The van der Waals surface area contributed by atoms with Gasteiger partial charge in [0.1, 0.15) is 0 Å². The summed E-state index contributed by atoms with van der Waals surface area (Å²) in [7, 11) is 4.25. The minimum atomic E-state index is 1.09. The Bertz CT molecular complexity index is 611. The molecule has 1 aromatic carbocycles. The lowest BCUT2D eigenvalue weighted by atomic mass is 9.98. The lowest BCUT2D eigenvalue weighted by molar-refractivity contribution is 0.417. The molecule has 0 amide bonds. The first kappa shape index (κ1) is 13.0. The van der Waals surface area contributed by atoms with Crippen molar-refractivity contribution in [2.45, 2.75) is 15.5 Å². The average Bonchev–Trinajstić information content (AvgIpc) is 2.85. The number of rotatable bonds is 3. The number of benzene rings is 1. The molecule has 2 aromatic rings. The van der Waals surface area contributed by atoms with Crippen molar-refractivity contribution in [3.05, 3.63) is 52.9 Å². The Morgan fingerprint density at radius 3 is 2.79 bits per heavy atom. The molecule has 0 saturated heterocycles. The van der Waals surface area contributed by atoms with Gasteiger partial charge in [-0.3, -0.25) is 0 Å². The van der Waals surface area contributed by atoms with Crippen LogP contribution < -0.4 is 0 Å². The minimum absolute atomic E-state index is 1.09. The van der Waals surface area contributed by atoms with Crippen LogP contribution in [0.2, 0.25) is 0 Å². The minimum Gasteiger partial charge on any atom is -0.309 e. The quantitative estimate of drug-likeness (QED) is 0.693. The van der Waals surface area contributed by atoms with Crippen LogP contribution >= 0.6 is 23.1 Å². The molecule has 1 aliphatic rings. The Labute approximate surface area is 123 Å². The number of hydrogen-bond donors (Lipinski definition) is 0. The second-order valence-corrected chi connectivity index (χ2v) is 7.16. The van der Waals surface area contributed by atoms with Crippen LogP contribution in [0, 0.1) is 0 Å². The molecule has 0 aliphatic carbocycles. The zero-order valence-electron chi connectivity index (χ0n) is 11.2. The summed E-state index contributed by atoms with van der Waals surface area (Å²) in [5.41, 5.74) is 4.21. The summed E-state index contributed by atoms with van der Waals surface area (Å²) in [6.45, 7) is 1.10. The summed E-state index contributed by atoms with van der Waals surface area (Å²) < 4.78 is 1.43. The van der Waals surface area contributed by atoms with Crippen molar-refractivity contribution in [2.75, 3.05) is 20.6 Å². The van der Waals surface area contributed by atoms with Crippen LogP contribution in [0.4, 0.5) is 0 Å². The molecule has 1 aliphatic heterocycles. The first-order valence-electron chi connectivity index (χ1n) is 6.46. The van der Waals surface area contributed by atoms with E-state index in [4.69, 9.17) is 0 Å². The van der Waals surface area contributed by atoms with Crippen molar-refractivity contribution in [1.29, 1.82) is 0 Å². The summed E-state index contributed by atoms with van der Waals surface area (Å²) in [5.74, 6) is 0. The van der Waals surface area contributed by atoms with E-state index in [2.05, 4.69) is 60.8 Å². The number of hydrogen-bond acceptors (Lipinski definition) is 3. The molecule has 0 saturated carbocycles. The maximum absolute atomic E-state index is 2.39. The van der Waals surface area contributed by atoms with Gasteiger partial charge in [-0.05, 0) is 49.2 Å². The van der Waals surface area contributed by atoms with E-state index in [1.165, 1.54) is 25.8 Å². The Kier molecular flexibility index (Phi) is 3.78. The van der Waals surface area contributed by atoms with Crippen LogP contribution in [-0.2, 0) is 0 Å². The largest absolute Gasteiger partial charge is 0.309 e. The molecule has 0 unspecified atom stereocenters. The second-order valence-electron chi connectivity index (χ2n) is 4.93. The van der Waals surface area contributed by atoms with Gasteiger partial charge >= 0.3 is 0 Å². The van der Waals surface area contributed by atoms with Crippen molar-refractivity contribution in [3.63, 3.8) is 0 Å². The third kappa shape index (κ3) is 2.64. The van der Waals surface area contributed by atoms with Crippen molar-refractivity contribution in [3.8, 4) is 0 Å². The molecule has 0 N–H and O–H groups in total. The highest BCUT2D eigenvalue weighted by Gasteiger charge is 2.21. The summed E-state index contributed by atoms with van der Waals surface area (Å²) in [5, 5.41) is 2.20. The molecule has 0 spiro atoms. The highest BCUT2D eigenvalue weighted by Crippen LogP contribution is 2.47. The van der Waals surface area contributed by atoms with Gasteiger partial charge in [-0.15, -0.1) is 11.3 Å². The number of fused-ring (bicyclic) bond motifs is 2. The maximum atomic E-state index is 2.39. The molecular formula is C16H17NS2. The Morgan fingerprint density at radius 2 is 1.95 bits per heavy atom. The Balaban J connectivity index is 2.00. The van der Waals surface area contributed by atoms with Gasteiger partial charge in [-0.1, -0.05) is 36.0 Å². The van der Waals surface area contributed by atoms with Gasteiger partial charge in [0.15, 0.2) is 0 Å². The zero-order valence-corrected chi connectivity index (χ0v) is 12.9. The Morgan fingerprint density at radius 1 is 1.11 bits per heavy atom. The normalized spacial score (nSPS) is 15.6. The first-order chi connectivity index (χ1) is 9.25. The molecule has 0 fully saturated rings. The van der Waals surface area contributed by atoms with Gasteiger partial charge < -0.3 is 4.90 Å². The van der Waals surface area contributed by atoms with E-state index in [0.717, 1.165) is 13.0 Å². The molecular weight excluding hydrogens is 270 g/mol. The molecule has 3 rings (SSSR count). The smallest absolute Gasteiger partial charge is 0.0725 e. The second kappa shape index (κ2) is 5.53. The van der Waals surface area contributed by atoms with Gasteiger partial charge in [0, 0.05) is 17.0 Å². The molecule has 0 radical (unpaired) electrons. The lowest BCUT2D eigenvalue weighted by Gasteiger charge is -2.19. The van der Waals surface area contributed by atoms with Crippen LogP contribution in [-0.4, -0.2) is 25.5 Å². The summed E-state index contributed by atoms with van der Waals surface area (Å²) >= 11 is 3.74. The van der Waals surface area contributed by atoms with Gasteiger partial charge in [0.2, 0.25) is 0 Å². The zero-order chi connectivity index (χ0) is 13.2. The number of nitrogens with zero attached hydrogens (tertiary/aromatic N) is 1. The van der Waals surface area contributed by atoms with E-state index in [1.807, 2.05) is 23.1 Å². The fourth-order valence-electron chi connectivity index (χ4n) is 2.28.